The summed E-state index contributed by atoms with van der Waals surface area (Å²) in [5.74, 6) is -0.461. The molecule has 0 spiro atoms. The van der Waals surface area contributed by atoms with Crippen LogP contribution in [-0.2, 0) is 0 Å². The summed E-state index contributed by atoms with van der Waals surface area (Å²) in [5, 5.41) is 0. The van der Waals surface area contributed by atoms with Gasteiger partial charge in [0.2, 0.25) is 0 Å². The number of ketones is 1. The molecule has 0 bridgehead atoms. The van der Waals surface area contributed by atoms with Gasteiger partial charge in [-0.05, 0) is 37.3 Å². The smallest absolute Gasteiger partial charge is 0.199 e. The fourth-order valence-electron chi connectivity index (χ4n) is 1.75. The predicted molar refractivity (Wildman–Crippen MR) is 75.1 cm³/mol. The first kappa shape index (κ1) is 13.7. The lowest BCUT2D eigenvalue weighted by Crippen LogP contribution is -2.07. The maximum Gasteiger partial charge on any atom is 0.199 e. The quantitative estimate of drug-likeness (QED) is 0.788. The maximum absolute atomic E-state index is 13.7. The molecule has 0 unspecified atom stereocenters. The van der Waals surface area contributed by atoms with Crippen LogP contribution in [0.4, 0.5) is 4.39 Å². The van der Waals surface area contributed by atoms with Crippen LogP contribution < -0.4 is 4.74 Å². The molecule has 2 aromatic carbocycles. The van der Waals surface area contributed by atoms with E-state index in [4.69, 9.17) is 4.74 Å². The molecule has 2 aromatic rings. The van der Waals surface area contributed by atoms with Crippen LogP contribution in [0, 0.1) is 5.82 Å². The fourth-order valence-corrected chi connectivity index (χ4v) is 2.11. The molecule has 0 aliphatic carbocycles. The zero-order valence-corrected chi connectivity index (χ0v) is 11.9. The molecule has 19 heavy (non-hydrogen) atoms. The van der Waals surface area contributed by atoms with Crippen LogP contribution in [0.1, 0.15) is 22.8 Å². The first-order chi connectivity index (χ1) is 9.13. The summed E-state index contributed by atoms with van der Waals surface area (Å²) in [6, 6.07) is 11.0. The average molecular weight is 323 g/mol. The minimum Gasteiger partial charge on any atom is -0.493 e. The highest BCUT2D eigenvalue weighted by Crippen LogP contribution is 2.26. The van der Waals surface area contributed by atoms with Crippen LogP contribution in [0.5, 0.6) is 5.75 Å². The fraction of sp³-hybridized carbons (Fsp3) is 0.133. The van der Waals surface area contributed by atoms with Crippen molar-refractivity contribution in [1.29, 1.82) is 0 Å². The first-order valence-electron chi connectivity index (χ1n) is 5.85. The number of hydrogen-bond donors (Lipinski definition) is 0. The van der Waals surface area contributed by atoms with Crippen LogP contribution in [0.25, 0.3) is 0 Å². The maximum atomic E-state index is 13.7. The number of carbonyl (C=O) groups excluding carboxylic acids is 1. The van der Waals surface area contributed by atoms with E-state index in [1.54, 1.807) is 30.3 Å². The molecular formula is C15H12BrFO2. The summed E-state index contributed by atoms with van der Waals surface area (Å²) in [4.78, 5) is 12.4. The Balaban J connectivity index is 2.49. The second kappa shape index (κ2) is 5.97. The van der Waals surface area contributed by atoms with Gasteiger partial charge in [0.1, 0.15) is 11.6 Å². The normalized spacial score (nSPS) is 10.3. The molecule has 0 N–H and O–H groups in total. The molecule has 0 aliphatic rings. The molecule has 2 nitrogen and oxygen atoms in total. The Bertz CT molecular complexity index is 611. The van der Waals surface area contributed by atoms with Gasteiger partial charge in [0, 0.05) is 4.47 Å². The molecule has 0 heterocycles. The number of benzene rings is 2. The molecule has 0 radical (unpaired) electrons. The number of rotatable bonds is 4. The zero-order valence-electron chi connectivity index (χ0n) is 10.3. The number of halogens is 2. The monoisotopic (exact) mass is 322 g/mol. The Morgan fingerprint density at radius 1 is 1.21 bits per heavy atom. The Kier molecular flexibility index (Phi) is 4.32. The van der Waals surface area contributed by atoms with Gasteiger partial charge in [-0.2, -0.15) is 0 Å². The molecule has 0 aromatic heterocycles. The highest BCUT2D eigenvalue weighted by molar-refractivity contribution is 9.10. The highest BCUT2D eigenvalue weighted by atomic mass is 79.9. The van der Waals surface area contributed by atoms with E-state index in [0.29, 0.717) is 17.9 Å². The summed E-state index contributed by atoms with van der Waals surface area (Å²) in [7, 11) is 0. The van der Waals surface area contributed by atoms with Gasteiger partial charge in [-0.1, -0.05) is 28.1 Å². The highest BCUT2D eigenvalue weighted by Gasteiger charge is 2.18. The molecule has 4 heteroatoms. The lowest BCUT2D eigenvalue weighted by Gasteiger charge is -2.10. The van der Waals surface area contributed by atoms with Gasteiger partial charge in [-0.15, -0.1) is 0 Å². The van der Waals surface area contributed by atoms with E-state index < -0.39 is 5.82 Å². The van der Waals surface area contributed by atoms with Gasteiger partial charge in [-0.3, -0.25) is 4.79 Å². The van der Waals surface area contributed by atoms with Crippen molar-refractivity contribution in [3.05, 3.63) is 63.9 Å². The van der Waals surface area contributed by atoms with Crippen LogP contribution >= 0.6 is 15.9 Å². The van der Waals surface area contributed by atoms with Gasteiger partial charge in [-0.25, -0.2) is 4.39 Å². The molecule has 0 aliphatic heterocycles. The third-order valence-corrected chi connectivity index (χ3v) is 3.10. The number of carbonyl (C=O) groups is 1. The van der Waals surface area contributed by atoms with Crippen molar-refractivity contribution >= 4 is 21.7 Å². The van der Waals surface area contributed by atoms with Crippen molar-refractivity contribution in [2.45, 2.75) is 6.92 Å². The summed E-state index contributed by atoms with van der Waals surface area (Å²) >= 11 is 3.31. The third kappa shape index (κ3) is 3.01. The van der Waals surface area contributed by atoms with E-state index in [2.05, 4.69) is 15.9 Å². The van der Waals surface area contributed by atoms with E-state index in [-0.39, 0.29) is 11.3 Å². The molecule has 0 saturated heterocycles. The van der Waals surface area contributed by atoms with Crippen LogP contribution in [0.2, 0.25) is 0 Å². The minimum absolute atomic E-state index is 0.0431. The van der Waals surface area contributed by atoms with Gasteiger partial charge in [0.05, 0.1) is 17.7 Å². The Morgan fingerprint density at radius 3 is 2.63 bits per heavy atom. The molecule has 0 saturated carbocycles. The van der Waals surface area contributed by atoms with Crippen molar-refractivity contribution in [3.8, 4) is 5.75 Å². The van der Waals surface area contributed by atoms with E-state index in [1.807, 2.05) is 6.92 Å². The molecule has 0 amide bonds. The van der Waals surface area contributed by atoms with Crippen LogP contribution in [0.15, 0.2) is 46.9 Å². The van der Waals surface area contributed by atoms with Gasteiger partial charge in [0.25, 0.3) is 0 Å². The van der Waals surface area contributed by atoms with E-state index in [0.717, 1.165) is 4.47 Å². The third-order valence-electron chi connectivity index (χ3n) is 2.60. The molecule has 0 atom stereocenters. The topological polar surface area (TPSA) is 26.3 Å². The minimum atomic E-state index is -0.532. The van der Waals surface area contributed by atoms with E-state index >= 15 is 0 Å². The van der Waals surface area contributed by atoms with Crippen molar-refractivity contribution in [2.24, 2.45) is 0 Å². The average Bonchev–Trinajstić information content (AvgIpc) is 2.41. The van der Waals surface area contributed by atoms with Crippen molar-refractivity contribution in [3.63, 3.8) is 0 Å². The number of ether oxygens (including phenoxy) is 1. The molecule has 2 rings (SSSR count). The Morgan fingerprint density at radius 2 is 1.95 bits per heavy atom. The van der Waals surface area contributed by atoms with Crippen LogP contribution in [0.3, 0.4) is 0 Å². The largest absolute Gasteiger partial charge is 0.493 e. The lowest BCUT2D eigenvalue weighted by molar-refractivity contribution is 0.103. The standard InChI is InChI=1S/C15H12BrFO2/c1-2-19-14-8-7-10(16)9-12(14)15(18)11-5-3-4-6-13(11)17/h3-9H,2H2,1H3. The Labute approximate surface area is 119 Å². The Hall–Kier alpha value is -1.68. The molecule has 0 fully saturated rings. The zero-order chi connectivity index (χ0) is 13.8. The van der Waals surface area contributed by atoms with Crippen molar-refractivity contribution < 1.29 is 13.9 Å². The van der Waals surface area contributed by atoms with Crippen LogP contribution in [-0.4, -0.2) is 12.4 Å². The van der Waals surface area contributed by atoms with Crippen molar-refractivity contribution in [2.75, 3.05) is 6.61 Å². The second-order valence-electron chi connectivity index (χ2n) is 3.88. The predicted octanol–water partition coefficient (Wildman–Crippen LogP) is 4.22. The summed E-state index contributed by atoms with van der Waals surface area (Å²) in [5.41, 5.74) is 0.392. The first-order valence-corrected chi connectivity index (χ1v) is 6.64. The van der Waals surface area contributed by atoms with Gasteiger partial charge in [0.15, 0.2) is 5.78 Å². The lowest BCUT2D eigenvalue weighted by atomic mass is 10.0. The second-order valence-corrected chi connectivity index (χ2v) is 4.80. The summed E-state index contributed by atoms with van der Waals surface area (Å²) in [6.45, 7) is 2.28. The molecular weight excluding hydrogens is 311 g/mol. The summed E-state index contributed by atoms with van der Waals surface area (Å²) in [6.07, 6.45) is 0. The number of hydrogen-bond acceptors (Lipinski definition) is 2. The summed E-state index contributed by atoms with van der Waals surface area (Å²) < 4.78 is 19.8. The van der Waals surface area contributed by atoms with Gasteiger partial charge < -0.3 is 4.74 Å². The van der Waals surface area contributed by atoms with E-state index in [1.165, 1.54) is 12.1 Å². The van der Waals surface area contributed by atoms with E-state index in [9.17, 15) is 9.18 Å². The van der Waals surface area contributed by atoms with Crippen molar-refractivity contribution in [1.82, 2.24) is 0 Å². The van der Waals surface area contributed by atoms with Gasteiger partial charge >= 0.3 is 0 Å². The SMILES string of the molecule is CCOc1ccc(Br)cc1C(=O)c1ccccc1F. The molecule has 98 valence electrons.